The van der Waals surface area contributed by atoms with Crippen LogP contribution in [0.3, 0.4) is 0 Å². The van der Waals surface area contributed by atoms with Gasteiger partial charge < -0.3 is 4.57 Å². The topological polar surface area (TPSA) is 17.1 Å². The summed E-state index contributed by atoms with van der Waals surface area (Å²) in [5.74, 6) is 3.08. The molecule has 0 saturated heterocycles. The first-order valence-electron chi connectivity index (χ1n) is 52.5. The van der Waals surface area contributed by atoms with Crippen molar-refractivity contribution in [1.29, 1.82) is 0 Å². The molecule has 9 aliphatic rings. The van der Waals surface area contributed by atoms with Crippen molar-refractivity contribution < 1.29 is 4.57 Å². The van der Waals surface area contributed by atoms with Gasteiger partial charge in [0.1, 0.15) is 0 Å². The highest BCUT2D eigenvalue weighted by atomic mass is 32.1. The summed E-state index contributed by atoms with van der Waals surface area (Å²) in [4.78, 5) is 0. The van der Waals surface area contributed by atoms with Crippen LogP contribution < -0.4 is 65.1 Å². The third-order valence-corrected chi connectivity index (χ3v) is 41.5. The van der Waals surface area contributed by atoms with Crippen LogP contribution in [0.25, 0.3) is 73.7 Å². The molecule has 1 aliphatic heterocycles. The number of rotatable bonds is 16. The second-order valence-electron chi connectivity index (χ2n) is 46.3. The lowest BCUT2D eigenvalue weighted by atomic mass is 9.34. The van der Waals surface area contributed by atoms with Crippen molar-refractivity contribution >= 4 is 155 Å². The second-order valence-corrected chi connectivity index (χ2v) is 51.2. The Balaban J connectivity index is 0.000000153. The maximum absolute atomic E-state index is 15.3. The van der Waals surface area contributed by atoms with E-state index in [1.807, 2.05) is 34.8 Å². The molecular weight excluding hydrogens is 1750 g/mol. The highest BCUT2D eigenvalue weighted by Gasteiger charge is 2.61. The van der Waals surface area contributed by atoms with E-state index in [9.17, 15) is 0 Å². The van der Waals surface area contributed by atoms with Gasteiger partial charge in [-0.2, -0.15) is 0 Å². The average molecular weight is 1880 g/mol. The van der Waals surface area contributed by atoms with E-state index in [0.29, 0.717) is 0 Å². The highest BCUT2D eigenvalue weighted by molar-refractivity contribution is 7.86. The summed E-state index contributed by atoms with van der Waals surface area (Å²) in [6, 6.07) is 114. The number of hydrogen-bond donors (Lipinski definition) is 0. The molecule has 8 fully saturated rings. The minimum Gasteiger partial charge on any atom is -0.309 e. The third kappa shape index (κ3) is 15.4. The van der Waals surface area contributed by atoms with Crippen LogP contribution in [0, 0.1) is 148 Å². The van der Waals surface area contributed by atoms with Crippen LogP contribution in [0.1, 0.15) is 199 Å². The first-order chi connectivity index (χ1) is 67.8. The molecule has 0 radical (unpaired) electrons. The van der Waals surface area contributed by atoms with Gasteiger partial charge in [0.2, 0.25) is 20.1 Å². The SMILES string of the molecule is Cc1cc(C)c(B(c2ccc(C34CC5CC(C3)CC(c3ccc(-c6ccc7sc8ccc(B(c9c(C)cc(C)cc9C)c9c(C)cc(C)cc9C)cc8c7c6)cc3)(C5)C4)cc2)c2c(C)cc(C)cc2C)c(C)c1.Cc1cc(C)c(B(c2ccc3sc4ccc(-c5ccc(C67CC8CC(C6)CC(c6ccc(P9(=O)c%10ccccc%10-c%10ccccc%109)cc6)(C8)C7)cc5)cc4c3c2)c2c(C)cc(C)cc2C)c(C)c1. The van der Waals surface area contributed by atoms with Crippen LogP contribution >= 0.6 is 29.8 Å². The third-order valence-electron chi connectivity index (χ3n) is 36.1. The number of hydrogen-bond acceptors (Lipinski definition) is 3. The number of fused-ring (bicyclic) bond motifs is 9. The van der Waals surface area contributed by atoms with Gasteiger partial charge in [-0.3, -0.25) is 0 Å². The second kappa shape index (κ2) is 34.6. The lowest BCUT2D eigenvalue weighted by Crippen LogP contribution is -2.57. The van der Waals surface area contributed by atoms with Crippen LogP contribution in [0.15, 0.2) is 291 Å². The van der Waals surface area contributed by atoms with Crippen LogP contribution in [-0.2, 0) is 26.2 Å². The summed E-state index contributed by atoms with van der Waals surface area (Å²) < 4.78 is 20.7. The molecule has 141 heavy (non-hydrogen) atoms. The molecule has 2 aromatic heterocycles. The Morgan fingerprint density at radius 2 is 0.468 bits per heavy atom. The smallest absolute Gasteiger partial charge is 0.242 e. The molecule has 698 valence electrons. The predicted octanol–water partition coefficient (Wildman–Crippen LogP) is 27.7. The Hall–Kier alpha value is -11.6. The fraction of sp³-hybridized carbons (Fsp3) is 0.284. The maximum Gasteiger partial charge on any atom is 0.242 e. The minimum atomic E-state index is -2.95. The van der Waals surface area contributed by atoms with E-state index < -0.39 is 7.14 Å². The number of thiophene rings is 2. The summed E-state index contributed by atoms with van der Waals surface area (Å²) in [5.41, 5.74) is 51.8. The number of aryl methyl sites for hydroxylation is 18. The number of benzene rings is 16. The van der Waals surface area contributed by atoms with Crippen LogP contribution in [-0.4, -0.2) is 20.1 Å². The van der Waals surface area contributed by atoms with Crippen molar-refractivity contribution in [2.45, 2.75) is 223 Å². The summed E-state index contributed by atoms with van der Waals surface area (Å²) in [7, 11) is -2.95. The summed E-state index contributed by atoms with van der Waals surface area (Å²) in [6.45, 7) is 41.7. The Morgan fingerprint density at radius 1 is 0.241 bits per heavy atom. The van der Waals surface area contributed by atoms with E-state index in [4.69, 9.17) is 0 Å². The van der Waals surface area contributed by atoms with Gasteiger partial charge in [0.05, 0.1) is 0 Å². The van der Waals surface area contributed by atoms with E-state index in [0.717, 1.165) is 50.7 Å². The van der Waals surface area contributed by atoms with E-state index in [1.54, 1.807) is 11.1 Å². The van der Waals surface area contributed by atoms with E-state index in [-0.39, 0.29) is 41.8 Å². The first-order valence-corrected chi connectivity index (χ1v) is 55.8. The zero-order valence-electron chi connectivity index (χ0n) is 85.9. The molecule has 18 aromatic rings. The van der Waals surface area contributed by atoms with Gasteiger partial charge in [0, 0.05) is 45.5 Å². The zero-order chi connectivity index (χ0) is 97.1. The highest BCUT2D eigenvalue weighted by Crippen LogP contribution is 2.68. The molecule has 8 saturated carbocycles. The maximum atomic E-state index is 15.3. The molecule has 0 amide bonds. The Bertz CT molecular complexity index is 7850. The van der Waals surface area contributed by atoms with Crippen molar-refractivity contribution in [3.63, 3.8) is 0 Å². The fourth-order valence-corrected chi connectivity index (χ4v) is 37.1. The van der Waals surface area contributed by atoms with Crippen molar-refractivity contribution in [2.75, 3.05) is 0 Å². The largest absolute Gasteiger partial charge is 0.309 e. The molecule has 8 aliphatic carbocycles. The van der Waals surface area contributed by atoms with Crippen molar-refractivity contribution in [3.8, 4) is 33.4 Å². The van der Waals surface area contributed by atoms with Crippen LogP contribution in [0.2, 0.25) is 0 Å². The van der Waals surface area contributed by atoms with Crippen molar-refractivity contribution in [1.82, 2.24) is 0 Å². The summed E-state index contributed by atoms with van der Waals surface area (Å²) >= 11 is 3.84. The molecule has 0 N–H and O–H groups in total. The molecule has 16 aromatic carbocycles. The standard InChI is InChI=1S/C70H72B2S.C64H58BOPS/c1-41-25-45(5)65(46(6)26-41)71(66-47(7)27-42(2)28-48(66)8)59-20-18-58(19-21-59)70-38-53-33-54(39-70)37-69(36-53,40-70)57-16-13-55(14-17-57)56-15-23-63-61(34-56)62-35-60(22-24-64(62)73-63)72(67-49(9)29-43(3)30-50(67)10)68-51(11)31-44(4)32-52(68)12;1-39-27-41(3)61(42(4)28-39)65(62-43(5)29-40(2)30-44(62)6)51-22-26-60-56(33-51)55-32-48(17-25-59(55)68-60)47-15-18-49(19-16-47)63-34-45-31-46(35-63)37-64(36-45,38-63)50-20-23-52(24-21-50)67(66)57-13-9-7-11-53(57)54-12-8-10-14-58(54)67/h13-32,34-35,53-54H,33,36-40H2,1-12H3;7-30,32-33,45-46H,31,34-38H2,1-6H3. The molecule has 4 atom stereocenters. The van der Waals surface area contributed by atoms with Gasteiger partial charge in [-0.1, -0.05) is 404 Å². The summed E-state index contributed by atoms with van der Waals surface area (Å²) in [6.07, 6.45) is 15.7. The zero-order valence-corrected chi connectivity index (χ0v) is 88.4. The van der Waals surface area contributed by atoms with Gasteiger partial charge in [-0.25, -0.2) is 0 Å². The molecule has 7 heteroatoms. The molecule has 3 heterocycles. The van der Waals surface area contributed by atoms with Gasteiger partial charge in [-0.05, 0) is 350 Å². The van der Waals surface area contributed by atoms with Gasteiger partial charge in [0.25, 0.3) is 0 Å². The quantitative estimate of drug-likeness (QED) is 0.0696. The molecule has 4 unspecified atom stereocenters. The molecular formula is C134H130B3OPS2. The van der Waals surface area contributed by atoms with Gasteiger partial charge in [-0.15, -0.1) is 22.7 Å². The molecule has 8 bridgehead atoms. The lowest BCUT2D eigenvalue weighted by molar-refractivity contribution is -0.0282. The minimum absolute atomic E-state index is 0.147. The van der Waals surface area contributed by atoms with E-state index in [1.165, 1.54) is 300 Å². The van der Waals surface area contributed by atoms with Crippen molar-refractivity contribution in [3.05, 3.63) is 414 Å². The van der Waals surface area contributed by atoms with E-state index >= 15 is 4.57 Å². The predicted molar refractivity (Wildman–Crippen MR) is 615 cm³/mol. The molecule has 27 rings (SSSR count). The normalized spacial score (nSPS) is 21.0. The fourth-order valence-electron chi connectivity index (χ4n) is 31.9. The molecule has 0 spiro atoms. The Labute approximate surface area is 847 Å². The van der Waals surface area contributed by atoms with Gasteiger partial charge >= 0.3 is 0 Å². The lowest BCUT2D eigenvalue weighted by Gasteiger charge is -2.63. The van der Waals surface area contributed by atoms with E-state index in [2.05, 4.69) is 404 Å². The van der Waals surface area contributed by atoms with Gasteiger partial charge in [0.15, 0.2) is 7.14 Å². The molecule has 1 nitrogen and oxygen atoms in total. The van der Waals surface area contributed by atoms with Crippen molar-refractivity contribution in [2.24, 2.45) is 23.7 Å². The summed E-state index contributed by atoms with van der Waals surface area (Å²) in [5, 5.41) is 8.38. The monoisotopic (exact) mass is 1880 g/mol. The Kier molecular flexibility index (Phi) is 22.5. The van der Waals surface area contributed by atoms with Crippen LogP contribution in [0.4, 0.5) is 0 Å². The first kappa shape index (κ1) is 91.8. The average Bonchev–Trinajstić information content (AvgIpc) is 1.23. The Morgan fingerprint density at radius 3 is 0.752 bits per heavy atom. The van der Waals surface area contributed by atoms with Crippen LogP contribution in [0.5, 0.6) is 0 Å².